The van der Waals surface area contributed by atoms with Crippen molar-refractivity contribution in [2.75, 3.05) is 10.8 Å². The molecule has 212 valence electrons. The van der Waals surface area contributed by atoms with Crippen molar-refractivity contribution in [3.8, 4) is 0 Å². The molecule has 1 aliphatic rings. The predicted molar refractivity (Wildman–Crippen MR) is 158 cm³/mol. The topological polar surface area (TPSA) is 86.8 Å². The highest BCUT2D eigenvalue weighted by Gasteiger charge is 2.34. The van der Waals surface area contributed by atoms with Gasteiger partial charge in [0.05, 0.1) is 10.6 Å². The van der Waals surface area contributed by atoms with Crippen LogP contribution in [0.1, 0.15) is 55.7 Å². The van der Waals surface area contributed by atoms with E-state index in [9.17, 15) is 18.0 Å². The molecular formula is C32H39N3O4S. The monoisotopic (exact) mass is 561 g/mol. The first-order valence-corrected chi connectivity index (χ1v) is 15.4. The minimum atomic E-state index is -4.06. The van der Waals surface area contributed by atoms with Crippen LogP contribution >= 0.6 is 0 Å². The lowest BCUT2D eigenvalue weighted by molar-refractivity contribution is -0.140. The Morgan fingerprint density at radius 2 is 1.45 bits per heavy atom. The van der Waals surface area contributed by atoms with E-state index in [0.717, 1.165) is 46.7 Å². The van der Waals surface area contributed by atoms with Crippen molar-refractivity contribution in [1.82, 2.24) is 10.2 Å². The SMILES string of the molecule is CCC(C(=O)NC1CCCC1)N(Cc1ccc(C)cc1)C(=O)CN(c1ccccc1)S(=O)(=O)c1ccc(C)cc1. The van der Waals surface area contributed by atoms with Crippen LogP contribution in [-0.2, 0) is 26.2 Å². The Labute approximate surface area is 238 Å². The minimum absolute atomic E-state index is 0.103. The van der Waals surface area contributed by atoms with Gasteiger partial charge in [-0.1, -0.05) is 85.5 Å². The Morgan fingerprint density at radius 3 is 2.02 bits per heavy atom. The molecule has 0 heterocycles. The zero-order valence-electron chi connectivity index (χ0n) is 23.5. The summed E-state index contributed by atoms with van der Waals surface area (Å²) in [7, 11) is -4.06. The molecule has 8 heteroatoms. The summed E-state index contributed by atoms with van der Waals surface area (Å²) >= 11 is 0. The number of carbonyl (C=O) groups is 2. The number of aryl methyl sites for hydroxylation is 2. The maximum Gasteiger partial charge on any atom is 0.264 e. The number of sulfonamides is 1. The summed E-state index contributed by atoms with van der Waals surface area (Å²) in [6, 6.07) is 22.4. The first-order valence-electron chi connectivity index (χ1n) is 14.0. The van der Waals surface area contributed by atoms with E-state index in [1.54, 1.807) is 54.6 Å². The Kier molecular flexibility index (Phi) is 9.63. The average molecular weight is 562 g/mol. The van der Waals surface area contributed by atoms with Crippen LogP contribution in [0, 0.1) is 13.8 Å². The Hall–Kier alpha value is -3.65. The molecule has 40 heavy (non-hydrogen) atoms. The summed E-state index contributed by atoms with van der Waals surface area (Å²) in [6.45, 7) is 5.53. The summed E-state index contributed by atoms with van der Waals surface area (Å²) in [4.78, 5) is 29.2. The van der Waals surface area contributed by atoms with Gasteiger partial charge in [0.25, 0.3) is 10.0 Å². The molecule has 1 unspecified atom stereocenters. The number of carbonyl (C=O) groups excluding carboxylic acids is 2. The van der Waals surface area contributed by atoms with Crippen LogP contribution in [0.4, 0.5) is 5.69 Å². The third-order valence-corrected chi connectivity index (χ3v) is 9.28. The number of benzene rings is 3. The molecule has 1 atom stereocenters. The van der Waals surface area contributed by atoms with Gasteiger partial charge >= 0.3 is 0 Å². The number of hydrogen-bond acceptors (Lipinski definition) is 4. The molecule has 0 radical (unpaired) electrons. The molecular weight excluding hydrogens is 522 g/mol. The molecule has 1 N–H and O–H groups in total. The van der Waals surface area contributed by atoms with Crippen LogP contribution in [0.2, 0.25) is 0 Å². The highest BCUT2D eigenvalue weighted by Crippen LogP contribution is 2.25. The highest BCUT2D eigenvalue weighted by molar-refractivity contribution is 7.92. The third kappa shape index (κ3) is 7.10. The molecule has 1 aliphatic carbocycles. The van der Waals surface area contributed by atoms with E-state index < -0.39 is 28.5 Å². The fraction of sp³-hybridized carbons (Fsp3) is 0.375. The van der Waals surface area contributed by atoms with Crippen LogP contribution in [0.25, 0.3) is 0 Å². The van der Waals surface area contributed by atoms with E-state index in [2.05, 4.69) is 5.32 Å². The van der Waals surface area contributed by atoms with Crippen molar-refractivity contribution in [2.45, 2.75) is 76.4 Å². The molecule has 0 bridgehead atoms. The lowest BCUT2D eigenvalue weighted by Crippen LogP contribution is -2.53. The number of anilines is 1. The van der Waals surface area contributed by atoms with Gasteiger partial charge in [-0.2, -0.15) is 0 Å². The van der Waals surface area contributed by atoms with E-state index in [1.807, 2.05) is 45.0 Å². The summed E-state index contributed by atoms with van der Waals surface area (Å²) in [5, 5.41) is 3.14. The summed E-state index contributed by atoms with van der Waals surface area (Å²) < 4.78 is 28.9. The van der Waals surface area contributed by atoms with Crippen molar-refractivity contribution >= 4 is 27.5 Å². The second-order valence-corrected chi connectivity index (χ2v) is 12.4. The minimum Gasteiger partial charge on any atom is -0.352 e. The number of para-hydroxylation sites is 1. The highest BCUT2D eigenvalue weighted by atomic mass is 32.2. The molecule has 0 spiro atoms. The fourth-order valence-electron chi connectivity index (χ4n) is 5.14. The lowest BCUT2D eigenvalue weighted by atomic mass is 10.1. The molecule has 1 fully saturated rings. The predicted octanol–water partition coefficient (Wildman–Crippen LogP) is 5.36. The Balaban J connectivity index is 1.68. The van der Waals surface area contributed by atoms with Crippen LogP contribution < -0.4 is 9.62 Å². The standard InChI is InChI=1S/C32H39N3O4S/c1-4-30(32(37)33-27-10-8-9-11-27)34(22-26-18-14-24(2)15-19-26)31(36)23-35(28-12-6-5-7-13-28)40(38,39)29-20-16-25(3)17-21-29/h5-7,12-21,27,30H,4,8-11,22-23H2,1-3H3,(H,33,37). The van der Waals surface area contributed by atoms with Crippen molar-refractivity contribution in [2.24, 2.45) is 0 Å². The smallest absolute Gasteiger partial charge is 0.264 e. The second-order valence-electron chi connectivity index (χ2n) is 10.6. The van der Waals surface area contributed by atoms with Crippen molar-refractivity contribution in [3.05, 3.63) is 95.6 Å². The lowest BCUT2D eigenvalue weighted by Gasteiger charge is -2.33. The molecule has 4 rings (SSSR count). The molecule has 7 nitrogen and oxygen atoms in total. The number of nitrogens with zero attached hydrogens (tertiary/aromatic N) is 2. The zero-order chi connectivity index (χ0) is 28.7. The third-order valence-electron chi connectivity index (χ3n) is 7.49. The summed E-state index contributed by atoms with van der Waals surface area (Å²) in [6.07, 6.45) is 4.44. The molecule has 0 saturated heterocycles. The van der Waals surface area contributed by atoms with Gasteiger partial charge in [-0.25, -0.2) is 8.42 Å². The van der Waals surface area contributed by atoms with Gasteiger partial charge in [0.1, 0.15) is 12.6 Å². The molecule has 0 aromatic heterocycles. The normalized spacial score (nSPS) is 14.5. The van der Waals surface area contributed by atoms with Crippen molar-refractivity contribution < 1.29 is 18.0 Å². The quantitative estimate of drug-likeness (QED) is 0.341. The number of nitrogens with one attached hydrogen (secondary N) is 1. The van der Waals surface area contributed by atoms with E-state index in [0.29, 0.717) is 12.1 Å². The van der Waals surface area contributed by atoms with Gasteiger partial charge in [0.2, 0.25) is 11.8 Å². The number of hydrogen-bond donors (Lipinski definition) is 1. The second kappa shape index (κ2) is 13.1. The van der Waals surface area contributed by atoms with Gasteiger partial charge in [0, 0.05) is 12.6 Å². The molecule has 3 aromatic carbocycles. The van der Waals surface area contributed by atoms with Gasteiger partial charge in [-0.05, 0) is 62.9 Å². The van der Waals surface area contributed by atoms with E-state index in [4.69, 9.17) is 0 Å². The number of rotatable bonds is 11. The maximum atomic E-state index is 14.1. The maximum absolute atomic E-state index is 14.1. The van der Waals surface area contributed by atoms with Gasteiger partial charge in [0.15, 0.2) is 0 Å². The molecule has 2 amide bonds. The Bertz CT molecular complexity index is 1380. The Morgan fingerprint density at radius 1 is 0.875 bits per heavy atom. The largest absolute Gasteiger partial charge is 0.352 e. The zero-order valence-corrected chi connectivity index (χ0v) is 24.4. The number of amides is 2. The van der Waals surface area contributed by atoms with E-state index in [1.165, 1.54) is 4.90 Å². The van der Waals surface area contributed by atoms with Crippen LogP contribution in [0.3, 0.4) is 0 Å². The molecule has 1 saturated carbocycles. The first-order chi connectivity index (χ1) is 19.2. The van der Waals surface area contributed by atoms with E-state index >= 15 is 0 Å². The van der Waals surface area contributed by atoms with Gasteiger partial charge < -0.3 is 10.2 Å². The van der Waals surface area contributed by atoms with E-state index in [-0.39, 0.29) is 23.4 Å². The summed E-state index contributed by atoms with van der Waals surface area (Å²) in [5.74, 6) is -0.629. The average Bonchev–Trinajstić information content (AvgIpc) is 3.46. The van der Waals surface area contributed by atoms with Crippen molar-refractivity contribution in [1.29, 1.82) is 0 Å². The molecule has 3 aromatic rings. The van der Waals surface area contributed by atoms with Crippen LogP contribution in [0.15, 0.2) is 83.8 Å². The van der Waals surface area contributed by atoms with Crippen LogP contribution in [0.5, 0.6) is 0 Å². The fourth-order valence-corrected chi connectivity index (χ4v) is 6.55. The van der Waals surface area contributed by atoms with Crippen molar-refractivity contribution in [3.63, 3.8) is 0 Å². The first kappa shape index (κ1) is 29.3. The summed E-state index contributed by atoms with van der Waals surface area (Å²) in [5.41, 5.74) is 3.28. The van der Waals surface area contributed by atoms with Crippen LogP contribution in [-0.4, -0.2) is 43.8 Å². The van der Waals surface area contributed by atoms with Gasteiger partial charge in [-0.3, -0.25) is 13.9 Å². The molecule has 0 aliphatic heterocycles. The van der Waals surface area contributed by atoms with Gasteiger partial charge in [-0.15, -0.1) is 0 Å².